The Hall–Kier alpha value is -4.40. The molecule has 3 amide bonds. The minimum atomic E-state index is -1.43. The van der Waals surface area contributed by atoms with Crippen LogP contribution in [0.3, 0.4) is 0 Å². The van der Waals surface area contributed by atoms with Crippen molar-refractivity contribution in [2.75, 3.05) is 6.54 Å². The van der Waals surface area contributed by atoms with Gasteiger partial charge in [-0.2, -0.15) is 0 Å². The highest BCUT2D eigenvalue weighted by molar-refractivity contribution is 5.94. The number of phenols is 1. The van der Waals surface area contributed by atoms with Crippen molar-refractivity contribution in [1.29, 1.82) is 0 Å². The summed E-state index contributed by atoms with van der Waals surface area (Å²) in [5.41, 5.74) is 16.7. The standard InChI is InChI=1S/C22H33N7O8/c1-11(21(36)37)27-20(35)16(9-12-4-6-13(30)7-5-12)29-19(34)15(3-2-8-26-22(24)25)28-18(33)14(23)10-17(31)32/h4-7,11,14-16,30H,2-3,8-10,23H2,1H3,(H,27,35)(H,28,33)(H,29,34)(H,31,32)(H,36,37)(H4,24,25,26). The summed E-state index contributed by atoms with van der Waals surface area (Å²) < 4.78 is 0. The topological polar surface area (TPSA) is 273 Å². The van der Waals surface area contributed by atoms with Crippen LogP contribution in [0, 0.1) is 0 Å². The number of carbonyl (C=O) groups is 5. The van der Waals surface area contributed by atoms with Gasteiger partial charge >= 0.3 is 11.9 Å². The van der Waals surface area contributed by atoms with Gasteiger partial charge in [-0.1, -0.05) is 12.1 Å². The summed E-state index contributed by atoms with van der Waals surface area (Å²) in [5.74, 6) is -5.30. The number of nitrogens with zero attached hydrogens (tertiary/aromatic N) is 1. The summed E-state index contributed by atoms with van der Waals surface area (Å²) >= 11 is 0. The Bertz CT molecular complexity index is 995. The van der Waals surface area contributed by atoms with E-state index >= 15 is 0 Å². The molecule has 1 rings (SSSR count). The van der Waals surface area contributed by atoms with Crippen molar-refractivity contribution in [1.82, 2.24) is 16.0 Å². The first-order chi connectivity index (χ1) is 17.3. The summed E-state index contributed by atoms with van der Waals surface area (Å²) in [6, 6.07) is 0.598. The first-order valence-corrected chi connectivity index (χ1v) is 11.2. The number of nitrogens with two attached hydrogens (primary N) is 3. The SMILES string of the molecule is CC(NC(=O)C(Cc1ccc(O)cc1)NC(=O)C(CCCN=C(N)N)NC(=O)C(N)CC(=O)O)C(=O)O. The molecule has 4 atom stereocenters. The van der Waals surface area contributed by atoms with Crippen molar-refractivity contribution in [2.24, 2.45) is 22.2 Å². The third-order valence-electron chi connectivity index (χ3n) is 5.05. The lowest BCUT2D eigenvalue weighted by atomic mass is 10.0. The number of phenolic OH excluding ortho intramolecular Hbond substituents is 1. The Balaban J connectivity index is 3.11. The Morgan fingerprint density at radius 1 is 0.919 bits per heavy atom. The van der Waals surface area contributed by atoms with Gasteiger partial charge in [-0.15, -0.1) is 0 Å². The Morgan fingerprint density at radius 3 is 2.03 bits per heavy atom. The predicted octanol–water partition coefficient (Wildman–Crippen LogP) is -2.65. The molecule has 0 bridgehead atoms. The summed E-state index contributed by atoms with van der Waals surface area (Å²) in [6.45, 7) is 1.37. The molecule has 204 valence electrons. The fourth-order valence-electron chi connectivity index (χ4n) is 3.06. The number of benzene rings is 1. The molecule has 0 radical (unpaired) electrons. The minimum absolute atomic E-state index is 0.00716. The normalized spacial score (nSPS) is 13.8. The predicted molar refractivity (Wildman–Crippen MR) is 131 cm³/mol. The van der Waals surface area contributed by atoms with E-state index in [0.717, 1.165) is 0 Å². The molecule has 0 aromatic heterocycles. The zero-order chi connectivity index (χ0) is 28.1. The number of carboxylic acid groups (broad SMARTS) is 2. The average molecular weight is 524 g/mol. The first-order valence-electron chi connectivity index (χ1n) is 11.2. The minimum Gasteiger partial charge on any atom is -0.508 e. The average Bonchev–Trinajstić information content (AvgIpc) is 2.80. The van der Waals surface area contributed by atoms with Crippen molar-refractivity contribution in [3.8, 4) is 5.75 Å². The van der Waals surface area contributed by atoms with E-state index in [1.165, 1.54) is 31.2 Å². The molecule has 0 aliphatic heterocycles. The number of aromatic hydroxyl groups is 1. The molecular formula is C22H33N7O8. The molecule has 15 nitrogen and oxygen atoms in total. The van der Waals surface area contributed by atoms with Crippen molar-refractivity contribution in [3.05, 3.63) is 29.8 Å². The molecule has 15 heteroatoms. The second-order valence-electron chi connectivity index (χ2n) is 8.21. The van der Waals surface area contributed by atoms with Crippen LogP contribution >= 0.6 is 0 Å². The monoisotopic (exact) mass is 523 g/mol. The molecule has 1 aromatic rings. The molecule has 0 aliphatic rings. The molecule has 0 aliphatic carbocycles. The van der Waals surface area contributed by atoms with Gasteiger partial charge in [0.05, 0.1) is 12.5 Å². The number of guanidine groups is 1. The van der Waals surface area contributed by atoms with Crippen molar-refractivity contribution < 1.29 is 39.3 Å². The first kappa shape index (κ1) is 30.6. The van der Waals surface area contributed by atoms with Gasteiger partial charge in [-0.25, -0.2) is 0 Å². The molecule has 0 fully saturated rings. The second-order valence-corrected chi connectivity index (χ2v) is 8.21. The smallest absolute Gasteiger partial charge is 0.325 e. The van der Waals surface area contributed by atoms with E-state index in [9.17, 15) is 29.1 Å². The van der Waals surface area contributed by atoms with Crippen molar-refractivity contribution in [3.63, 3.8) is 0 Å². The Morgan fingerprint density at radius 2 is 1.49 bits per heavy atom. The van der Waals surface area contributed by atoms with Gasteiger partial charge in [0.1, 0.15) is 23.9 Å². The highest BCUT2D eigenvalue weighted by Crippen LogP contribution is 2.12. The zero-order valence-corrected chi connectivity index (χ0v) is 20.2. The van der Waals surface area contributed by atoms with E-state index in [1.807, 2.05) is 0 Å². The Labute approximate surface area is 212 Å². The fourth-order valence-corrected chi connectivity index (χ4v) is 3.06. The number of aliphatic imine (C=N–C) groups is 1. The highest BCUT2D eigenvalue weighted by atomic mass is 16.4. The van der Waals surface area contributed by atoms with E-state index in [-0.39, 0.29) is 37.5 Å². The van der Waals surface area contributed by atoms with Gasteiger partial charge in [-0.05, 0) is 37.5 Å². The van der Waals surface area contributed by atoms with E-state index in [0.29, 0.717) is 5.56 Å². The molecule has 37 heavy (non-hydrogen) atoms. The van der Waals surface area contributed by atoms with Crippen LogP contribution in [0.5, 0.6) is 5.75 Å². The van der Waals surface area contributed by atoms with E-state index in [4.69, 9.17) is 27.4 Å². The van der Waals surface area contributed by atoms with Crippen LogP contribution in [0.1, 0.15) is 31.7 Å². The van der Waals surface area contributed by atoms with Crippen LogP contribution < -0.4 is 33.2 Å². The summed E-state index contributed by atoms with van der Waals surface area (Å²) in [6.07, 6.45) is -0.507. The maximum atomic E-state index is 13.1. The molecule has 12 N–H and O–H groups in total. The number of hydrogen-bond donors (Lipinski definition) is 9. The Kier molecular flexibility index (Phi) is 12.3. The number of hydrogen-bond acceptors (Lipinski definition) is 8. The zero-order valence-electron chi connectivity index (χ0n) is 20.2. The number of carbonyl (C=O) groups excluding carboxylic acids is 3. The maximum absolute atomic E-state index is 13.1. The van der Waals surface area contributed by atoms with Crippen LogP contribution in [0.15, 0.2) is 29.3 Å². The highest BCUT2D eigenvalue weighted by Gasteiger charge is 2.30. The van der Waals surface area contributed by atoms with Crippen LogP contribution in [0.4, 0.5) is 0 Å². The van der Waals surface area contributed by atoms with Crippen molar-refractivity contribution in [2.45, 2.75) is 56.8 Å². The van der Waals surface area contributed by atoms with Crippen LogP contribution in [-0.2, 0) is 30.4 Å². The number of nitrogens with one attached hydrogen (secondary N) is 3. The largest absolute Gasteiger partial charge is 0.508 e. The molecule has 0 spiro atoms. The quantitative estimate of drug-likeness (QED) is 0.0650. The van der Waals surface area contributed by atoms with Gasteiger partial charge < -0.3 is 48.5 Å². The van der Waals surface area contributed by atoms with E-state index < -0.39 is 60.2 Å². The third kappa shape index (κ3) is 11.7. The maximum Gasteiger partial charge on any atom is 0.325 e. The number of carboxylic acids is 2. The molecular weight excluding hydrogens is 490 g/mol. The van der Waals surface area contributed by atoms with Gasteiger partial charge in [0.15, 0.2) is 5.96 Å². The van der Waals surface area contributed by atoms with Crippen LogP contribution in [0.2, 0.25) is 0 Å². The lowest BCUT2D eigenvalue weighted by Crippen LogP contribution is -2.57. The van der Waals surface area contributed by atoms with Gasteiger partial charge in [0.25, 0.3) is 0 Å². The molecule has 0 saturated heterocycles. The van der Waals surface area contributed by atoms with E-state index in [2.05, 4.69) is 20.9 Å². The van der Waals surface area contributed by atoms with Crippen molar-refractivity contribution >= 4 is 35.6 Å². The molecule has 0 saturated carbocycles. The number of amides is 3. The lowest BCUT2D eigenvalue weighted by molar-refractivity contribution is -0.141. The van der Waals surface area contributed by atoms with Gasteiger partial charge in [0.2, 0.25) is 17.7 Å². The lowest BCUT2D eigenvalue weighted by Gasteiger charge is -2.24. The van der Waals surface area contributed by atoms with Gasteiger partial charge in [-0.3, -0.25) is 29.0 Å². The summed E-state index contributed by atoms with van der Waals surface area (Å²) in [5, 5.41) is 34.6. The van der Waals surface area contributed by atoms with Crippen LogP contribution in [0.25, 0.3) is 0 Å². The number of rotatable bonds is 15. The summed E-state index contributed by atoms with van der Waals surface area (Å²) in [7, 11) is 0. The summed E-state index contributed by atoms with van der Waals surface area (Å²) in [4.78, 5) is 64.2. The number of aliphatic carboxylic acids is 2. The van der Waals surface area contributed by atoms with Gasteiger partial charge in [0, 0.05) is 13.0 Å². The van der Waals surface area contributed by atoms with Crippen LogP contribution in [-0.4, -0.2) is 81.7 Å². The third-order valence-corrected chi connectivity index (χ3v) is 5.05. The molecule has 0 heterocycles. The molecule has 1 aromatic carbocycles. The molecule has 4 unspecified atom stereocenters. The second kappa shape index (κ2) is 14.9. The van der Waals surface area contributed by atoms with E-state index in [1.54, 1.807) is 0 Å². The fraction of sp³-hybridized carbons (Fsp3) is 0.455.